The highest BCUT2D eigenvalue weighted by molar-refractivity contribution is 7.81. The van der Waals surface area contributed by atoms with E-state index in [4.69, 9.17) is 16.0 Å². The van der Waals surface area contributed by atoms with Crippen molar-refractivity contribution in [1.29, 1.82) is 0 Å². The van der Waals surface area contributed by atoms with Gasteiger partial charge in [0.2, 0.25) is 41.4 Å². The van der Waals surface area contributed by atoms with E-state index in [1.807, 2.05) is 0 Å². The van der Waals surface area contributed by atoms with Crippen molar-refractivity contribution in [1.82, 2.24) is 31.1 Å². The van der Waals surface area contributed by atoms with E-state index in [9.17, 15) is 77.7 Å². The van der Waals surface area contributed by atoms with Gasteiger partial charge in [-0.25, -0.2) is 0 Å². The van der Waals surface area contributed by atoms with Crippen LogP contribution in [-0.2, 0) is 50.4 Å². The fraction of sp³-hybridized carbons (Fsp3) is 0.629. The Labute approximate surface area is 353 Å². The van der Waals surface area contributed by atoms with Gasteiger partial charge in [0.15, 0.2) is 11.5 Å². The van der Waals surface area contributed by atoms with Crippen LogP contribution >= 0.6 is 0 Å². The molecule has 3 aliphatic rings. The molecule has 0 aliphatic carbocycles. The Morgan fingerprint density at radius 1 is 0.855 bits per heavy atom. The Balaban J connectivity index is 1.83. The van der Waals surface area contributed by atoms with Crippen molar-refractivity contribution in [2.75, 3.05) is 19.6 Å². The lowest BCUT2D eigenvalue weighted by Gasteiger charge is -2.33. The minimum atomic E-state index is -5.19. The maximum Gasteiger partial charge on any atom is 0.446 e. The van der Waals surface area contributed by atoms with E-state index >= 15 is 0 Å². The zero-order valence-corrected chi connectivity index (χ0v) is 34.1. The van der Waals surface area contributed by atoms with E-state index in [2.05, 4.69) is 25.5 Å². The molecule has 3 saturated heterocycles. The molecule has 3 aliphatic heterocycles. The third-order valence-electron chi connectivity index (χ3n) is 10.6. The molecule has 0 radical (unpaired) electrons. The van der Waals surface area contributed by atoms with E-state index in [1.54, 1.807) is 0 Å². The summed E-state index contributed by atoms with van der Waals surface area (Å²) in [6, 6.07) is -8.41. The highest BCUT2D eigenvalue weighted by atomic mass is 32.3. The first-order chi connectivity index (χ1) is 28.8. The quantitative estimate of drug-likeness (QED) is 0.102. The van der Waals surface area contributed by atoms with Crippen molar-refractivity contribution in [2.45, 2.75) is 112 Å². The topological polar surface area (TPSA) is 431 Å². The maximum atomic E-state index is 14.3. The second-order valence-electron chi connectivity index (χ2n) is 15.6. The fourth-order valence-corrected chi connectivity index (χ4v) is 7.73. The number of nitrogens with two attached hydrogens (primary N) is 2. The number of aromatic hydroxyl groups is 1. The average Bonchev–Trinajstić information content (AvgIpc) is 3.71. The molecular weight excluding hydrogens is 852 g/mol. The van der Waals surface area contributed by atoms with Crippen molar-refractivity contribution < 1.29 is 86.5 Å². The molecule has 26 nitrogen and oxygen atoms in total. The Bertz CT molecular complexity index is 1990. The Kier molecular flexibility index (Phi) is 16.2. The lowest BCUT2D eigenvalue weighted by molar-refractivity contribution is -0.147. The van der Waals surface area contributed by atoms with Crippen molar-refractivity contribution >= 4 is 51.7 Å². The molecule has 0 bridgehead atoms. The molecule has 0 aromatic heterocycles. The van der Waals surface area contributed by atoms with Crippen LogP contribution in [-0.4, -0.2) is 192 Å². The van der Waals surface area contributed by atoms with Crippen molar-refractivity contribution in [3.8, 4) is 11.5 Å². The molecule has 13 atom stereocenters. The summed E-state index contributed by atoms with van der Waals surface area (Å²) < 4.78 is 36.2. The van der Waals surface area contributed by atoms with Gasteiger partial charge < -0.3 is 82.5 Å². The number of fused-ring (bicyclic) bond motifs is 2. The van der Waals surface area contributed by atoms with Crippen LogP contribution < -0.4 is 36.9 Å². The van der Waals surface area contributed by atoms with E-state index in [-0.39, 0.29) is 12.1 Å². The first-order valence-corrected chi connectivity index (χ1v) is 20.6. The number of phenolic OH excluding ortho intramolecular Hbond substituents is 1. The first-order valence-electron chi connectivity index (χ1n) is 19.2. The van der Waals surface area contributed by atoms with Crippen LogP contribution in [0, 0.1) is 5.92 Å². The number of aliphatic hydroxyl groups excluding tert-OH is 6. The van der Waals surface area contributed by atoms with Crippen LogP contribution in [0.15, 0.2) is 18.2 Å². The van der Waals surface area contributed by atoms with Gasteiger partial charge in [-0.15, -0.1) is 0 Å². The number of rotatable bonds is 9. The van der Waals surface area contributed by atoms with Gasteiger partial charge in [-0.1, -0.05) is 13.0 Å². The Hall–Kier alpha value is -5.26. The smallest absolute Gasteiger partial charge is 0.446 e. The molecule has 16 N–H and O–H groups in total. The standard InChI is InChI=1S/C35H52N8O18S/c1-13-11-43-28(29(13)51)33(55)38-10-16(45)7-18(36)30(52)39-25(14(2)44)34(56)42-12-17(46)8-19(42)31(53)40-26(32(54)41-27(35(43)57)22(49)9-24(37)50)21(48)5-15-3-4-20(47)23(6-15)61-62(58,59)60/h3-4,6,13-14,16-19,21-22,25-29,44-49,51H,5,7-12,36H2,1-2H3,(H2,37,50)(H,38,55)(H,39,52)(H,40,53)(H,41,54)(H,58,59,60)/t13-,14+,16+,17+,18-,19-,21+,22+,25-,26-,27-,28-,29-/m0/s1. The second kappa shape index (κ2) is 20.3. The number of hydrogen-bond donors (Lipinski definition) is 14. The van der Waals surface area contributed by atoms with E-state index in [0.717, 1.165) is 34.9 Å². The van der Waals surface area contributed by atoms with Gasteiger partial charge in [-0.05, 0) is 31.0 Å². The Morgan fingerprint density at radius 2 is 1.47 bits per heavy atom. The van der Waals surface area contributed by atoms with Gasteiger partial charge >= 0.3 is 10.4 Å². The lowest BCUT2D eigenvalue weighted by Crippen LogP contribution is -2.64. The van der Waals surface area contributed by atoms with Crippen molar-refractivity contribution in [2.24, 2.45) is 17.4 Å². The molecule has 7 amide bonds. The summed E-state index contributed by atoms with van der Waals surface area (Å²) in [6.07, 6.45) is -13.2. The number of carbonyl (C=O) groups is 7. The lowest BCUT2D eigenvalue weighted by atomic mass is 9.98. The molecule has 346 valence electrons. The van der Waals surface area contributed by atoms with Crippen LogP contribution in [0.5, 0.6) is 11.5 Å². The predicted molar refractivity (Wildman–Crippen MR) is 206 cm³/mol. The number of β-amino-alcohol motifs (C(OH)–C–C–N with tert-alkyl or cyclic N) is 1. The third-order valence-corrected chi connectivity index (χ3v) is 10.9. The first kappa shape index (κ1) is 49.4. The minimum Gasteiger partial charge on any atom is -0.504 e. The molecular formula is C35H52N8O18S. The molecule has 0 spiro atoms. The summed E-state index contributed by atoms with van der Waals surface area (Å²) >= 11 is 0. The maximum absolute atomic E-state index is 14.3. The molecule has 62 heavy (non-hydrogen) atoms. The average molecular weight is 905 g/mol. The number of nitrogens with zero attached hydrogens (tertiary/aromatic N) is 2. The molecule has 0 unspecified atom stereocenters. The van der Waals surface area contributed by atoms with Gasteiger partial charge in [0.1, 0.15) is 30.2 Å². The van der Waals surface area contributed by atoms with Crippen LogP contribution in [0.2, 0.25) is 0 Å². The summed E-state index contributed by atoms with van der Waals surface area (Å²) in [5.41, 5.74) is 11.2. The van der Waals surface area contributed by atoms with Gasteiger partial charge in [-0.2, -0.15) is 8.42 Å². The number of phenols is 1. The van der Waals surface area contributed by atoms with Crippen LogP contribution in [0.3, 0.4) is 0 Å². The van der Waals surface area contributed by atoms with E-state index < -0.39 is 181 Å². The normalized spacial score (nSPS) is 31.3. The van der Waals surface area contributed by atoms with E-state index in [1.165, 1.54) is 6.92 Å². The number of amides is 7. The second-order valence-corrected chi connectivity index (χ2v) is 16.6. The van der Waals surface area contributed by atoms with Gasteiger partial charge in [0.05, 0.1) is 49.1 Å². The SMILES string of the molecule is C[C@@H](O)[C@@H]1NC(=O)[C@@H](N)C[C@@H](O)CNC(=O)[C@@H]2[C@@H](O)[C@@H](C)CN2C(=O)[C@H]([C@H](O)CC(N)=O)NC(=O)[C@H]([C@H](O)Cc2ccc(O)c(OS(=O)(=O)O)c2)NC(=O)[C@@H]2C[C@@H](O)CN2C1=O. The number of nitrogens with one attached hydrogen (secondary N) is 4. The molecule has 1 aromatic rings. The number of benzene rings is 1. The summed E-state index contributed by atoms with van der Waals surface area (Å²) in [5, 5.41) is 84.6. The van der Waals surface area contributed by atoms with Crippen molar-refractivity contribution in [3.05, 3.63) is 23.8 Å². The van der Waals surface area contributed by atoms with Crippen molar-refractivity contribution in [3.63, 3.8) is 0 Å². The predicted octanol–water partition coefficient (Wildman–Crippen LogP) is -8.07. The van der Waals surface area contributed by atoms with E-state index in [0.29, 0.717) is 0 Å². The molecule has 3 heterocycles. The fourth-order valence-electron chi connectivity index (χ4n) is 7.37. The zero-order valence-electron chi connectivity index (χ0n) is 33.3. The van der Waals surface area contributed by atoms with Crippen LogP contribution in [0.1, 0.15) is 38.7 Å². The highest BCUT2D eigenvalue weighted by Crippen LogP contribution is 2.30. The largest absolute Gasteiger partial charge is 0.504 e. The molecule has 3 fully saturated rings. The molecule has 0 saturated carbocycles. The summed E-state index contributed by atoms with van der Waals surface area (Å²) in [4.78, 5) is 96.6. The molecule has 1 aromatic carbocycles. The summed E-state index contributed by atoms with van der Waals surface area (Å²) in [5.74, 6) is -10.9. The van der Waals surface area contributed by atoms with Crippen LogP contribution in [0.25, 0.3) is 0 Å². The summed E-state index contributed by atoms with van der Waals surface area (Å²) in [7, 11) is -5.19. The van der Waals surface area contributed by atoms with Gasteiger partial charge in [-0.3, -0.25) is 38.1 Å². The number of carbonyl (C=O) groups excluding carboxylic acids is 7. The monoisotopic (exact) mass is 904 g/mol. The number of aliphatic hydroxyl groups is 6. The molecule has 4 rings (SSSR count). The minimum absolute atomic E-state index is 0.111. The third kappa shape index (κ3) is 12.2. The molecule has 27 heteroatoms. The highest BCUT2D eigenvalue weighted by Gasteiger charge is 2.49. The number of primary amides is 1. The zero-order chi connectivity index (χ0) is 46.5. The number of hydrogen-bond acceptors (Lipinski definition) is 18. The Morgan fingerprint density at radius 3 is 2.08 bits per heavy atom. The van der Waals surface area contributed by atoms with Crippen LogP contribution in [0.4, 0.5) is 0 Å². The van der Waals surface area contributed by atoms with Gasteiger partial charge in [0.25, 0.3) is 0 Å². The van der Waals surface area contributed by atoms with Gasteiger partial charge in [0, 0.05) is 38.4 Å². The summed E-state index contributed by atoms with van der Waals surface area (Å²) in [6.45, 7) is 1.03.